The molecule has 2 amide bonds. The summed E-state index contributed by atoms with van der Waals surface area (Å²) in [5, 5.41) is 2.91. The maximum Gasteiger partial charge on any atom is 0.317 e. The molecule has 6 nitrogen and oxygen atoms in total. The number of nitrogens with one attached hydrogen (secondary N) is 1. The zero-order chi connectivity index (χ0) is 14.5. The third kappa shape index (κ3) is 3.70. The van der Waals surface area contributed by atoms with Crippen LogP contribution in [0.5, 0.6) is 0 Å². The van der Waals surface area contributed by atoms with E-state index in [0.29, 0.717) is 13.2 Å². The van der Waals surface area contributed by atoms with Crippen molar-refractivity contribution in [3.8, 4) is 0 Å². The Hall–Kier alpha value is -1.14. The average Bonchev–Trinajstić information content (AvgIpc) is 2.99. The maximum absolute atomic E-state index is 12.3. The van der Waals surface area contributed by atoms with Gasteiger partial charge in [0.1, 0.15) is 0 Å². The van der Waals surface area contributed by atoms with Crippen molar-refractivity contribution in [2.75, 3.05) is 26.3 Å². The molecule has 0 bridgehead atoms. The molecule has 0 saturated carbocycles. The summed E-state index contributed by atoms with van der Waals surface area (Å²) in [6.07, 6.45) is 3.67. The maximum atomic E-state index is 12.3. The van der Waals surface area contributed by atoms with Crippen molar-refractivity contribution < 1.29 is 14.3 Å². The molecule has 0 aromatic rings. The lowest BCUT2D eigenvalue weighted by atomic mass is 9.87. The number of Topliss-reactive ketones (excluding diaryl/α,β-unsaturated/α-hetero) is 1. The largest absolute Gasteiger partial charge is 0.381 e. The first-order valence-corrected chi connectivity index (χ1v) is 7.52. The van der Waals surface area contributed by atoms with E-state index in [2.05, 4.69) is 5.32 Å². The Kier molecular flexibility index (Phi) is 5.37. The summed E-state index contributed by atoms with van der Waals surface area (Å²) >= 11 is 0. The molecule has 3 N–H and O–H groups in total. The zero-order valence-corrected chi connectivity index (χ0v) is 12.1. The Bertz CT molecular complexity index is 348. The number of ketones is 1. The van der Waals surface area contributed by atoms with Gasteiger partial charge in [0, 0.05) is 26.3 Å². The minimum absolute atomic E-state index is 0.0792. The summed E-state index contributed by atoms with van der Waals surface area (Å²) < 4.78 is 5.33. The first-order valence-electron chi connectivity index (χ1n) is 7.52. The van der Waals surface area contributed by atoms with Gasteiger partial charge in [-0.15, -0.1) is 0 Å². The lowest BCUT2D eigenvalue weighted by molar-refractivity contribution is -0.123. The second kappa shape index (κ2) is 7.04. The molecule has 20 heavy (non-hydrogen) atoms. The summed E-state index contributed by atoms with van der Waals surface area (Å²) in [5.41, 5.74) is 5.73. The van der Waals surface area contributed by atoms with Crippen molar-refractivity contribution in [2.24, 2.45) is 11.7 Å². The van der Waals surface area contributed by atoms with Gasteiger partial charge in [-0.05, 0) is 38.5 Å². The van der Waals surface area contributed by atoms with E-state index in [1.807, 2.05) is 0 Å². The van der Waals surface area contributed by atoms with Gasteiger partial charge in [-0.2, -0.15) is 0 Å². The third-order valence-corrected chi connectivity index (χ3v) is 4.16. The van der Waals surface area contributed by atoms with Crippen molar-refractivity contribution in [1.82, 2.24) is 10.2 Å². The monoisotopic (exact) mass is 283 g/mol. The zero-order valence-electron chi connectivity index (χ0n) is 12.1. The van der Waals surface area contributed by atoms with Crippen LogP contribution in [0.2, 0.25) is 0 Å². The van der Waals surface area contributed by atoms with Crippen LogP contribution in [0.4, 0.5) is 4.79 Å². The number of carbonyl (C=O) groups excluding carboxylic acids is 2. The second-order valence-corrected chi connectivity index (χ2v) is 5.76. The Morgan fingerprint density at radius 2 is 1.85 bits per heavy atom. The summed E-state index contributed by atoms with van der Waals surface area (Å²) in [6.45, 7) is 4.52. The summed E-state index contributed by atoms with van der Waals surface area (Å²) in [5.74, 6) is 0.0539. The molecule has 0 aromatic carbocycles. The highest BCUT2D eigenvalue weighted by Gasteiger charge is 2.34. The van der Waals surface area contributed by atoms with Crippen LogP contribution in [-0.2, 0) is 9.53 Å². The highest BCUT2D eigenvalue weighted by atomic mass is 16.5. The molecule has 2 aliphatic rings. The van der Waals surface area contributed by atoms with Crippen LogP contribution in [0.25, 0.3) is 0 Å². The molecule has 2 atom stereocenters. The molecule has 1 unspecified atom stereocenters. The SMILES string of the molecule is CC(N)C(=O)[C@@H](NC(=O)N1CCCC1)C1CCOCC1. The molecular formula is C14H25N3O3. The van der Waals surface area contributed by atoms with Gasteiger partial charge in [-0.1, -0.05) is 0 Å². The number of likely N-dealkylation sites (tertiary alicyclic amines) is 1. The Balaban J connectivity index is 2.01. The number of hydrogen-bond acceptors (Lipinski definition) is 4. The third-order valence-electron chi connectivity index (χ3n) is 4.16. The number of amides is 2. The second-order valence-electron chi connectivity index (χ2n) is 5.76. The van der Waals surface area contributed by atoms with Crippen molar-refractivity contribution >= 4 is 11.8 Å². The number of rotatable bonds is 4. The highest BCUT2D eigenvalue weighted by molar-refractivity contribution is 5.92. The molecule has 6 heteroatoms. The van der Waals surface area contributed by atoms with Crippen LogP contribution in [0.3, 0.4) is 0 Å². The number of urea groups is 1. The quantitative estimate of drug-likeness (QED) is 0.787. The van der Waals surface area contributed by atoms with E-state index in [9.17, 15) is 9.59 Å². The first-order chi connectivity index (χ1) is 9.59. The molecule has 2 aliphatic heterocycles. The van der Waals surface area contributed by atoms with E-state index < -0.39 is 12.1 Å². The fourth-order valence-electron chi connectivity index (χ4n) is 2.90. The summed E-state index contributed by atoms with van der Waals surface area (Å²) in [6, 6.07) is -1.17. The van der Waals surface area contributed by atoms with Crippen LogP contribution in [0.15, 0.2) is 0 Å². The standard InChI is InChI=1S/C14H25N3O3/c1-10(15)13(18)12(11-4-8-20-9-5-11)16-14(19)17-6-2-3-7-17/h10-12H,2-9,15H2,1H3,(H,16,19)/t10?,12-/m0/s1. The highest BCUT2D eigenvalue weighted by Crippen LogP contribution is 2.21. The van der Waals surface area contributed by atoms with Gasteiger partial charge in [0.05, 0.1) is 12.1 Å². The number of nitrogens with zero attached hydrogens (tertiary/aromatic N) is 1. The van der Waals surface area contributed by atoms with Gasteiger partial charge < -0.3 is 20.7 Å². The normalized spacial score (nSPS) is 23.4. The lowest BCUT2D eigenvalue weighted by Gasteiger charge is -2.32. The van der Waals surface area contributed by atoms with Crippen LogP contribution < -0.4 is 11.1 Å². The predicted molar refractivity (Wildman–Crippen MR) is 75.3 cm³/mol. The van der Waals surface area contributed by atoms with Crippen LogP contribution >= 0.6 is 0 Å². The van der Waals surface area contributed by atoms with Gasteiger partial charge in [0.25, 0.3) is 0 Å². The van der Waals surface area contributed by atoms with Crippen molar-refractivity contribution in [1.29, 1.82) is 0 Å². The molecule has 0 spiro atoms. The average molecular weight is 283 g/mol. The van der Waals surface area contributed by atoms with Crippen LogP contribution in [0, 0.1) is 5.92 Å². The first kappa shape index (κ1) is 15.3. The van der Waals surface area contributed by atoms with Crippen molar-refractivity contribution in [3.05, 3.63) is 0 Å². The number of ether oxygens (including phenoxy) is 1. The molecule has 0 aromatic heterocycles. The van der Waals surface area contributed by atoms with Gasteiger partial charge in [-0.25, -0.2) is 4.79 Å². The van der Waals surface area contributed by atoms with E-state index in [1.54, 1.807) is 11.8 Å². The fraction of sp³-hybridized carbons (Fsp3) is 0.857. The molecule has 2 heterocycles. The topological polar surface area (TPSA) is 84.7 Å². The molecule has 2 fully saturated rings. The van der Waals surface area contributed by atoms with E-state index in [1.165, 1.54) is 0 Å². The summed E-state index contributed by atoms with van der Waals surface area (Å²) in [7, 11) is 0. The van der Waals surface area contributed by atoms with Gasteiger partial charge >= 0.3 is 6.03 Å². The van der Waals surface area contributed by atoms with Crippen LogP contribution in [-0.4, -0.2) is 55.1 Å². The van der Waals surface area contributed by atoms with Crippen LogP contribution in [0.1, 0.15) is 32.6 Å². The Morgan fingerprint density at radius 3 is 2.40 bits per heavy atom. The van der Waals surface area contributed by atoms with Gasteiger partial charge in [0.2, 0.25) is 0 Å². The van der Waals surface area contributed by atoms with E-state index in [-0.39, 0.29) is 17.7 Å². The van der Waals surface area contributed by atoms with Gasteiger partial charge in [-0.3, -0.25) is 4.79 Å². The van der Waals surface area contributed by atoms with Crippen molar-refractivity contribution in [2.45, 2.75) is 44.7 Å². The van der Waals surface area contributed by atoms with Gasteiger partial charge in [0.15, 0.2) is 5.78 Å². The molecule has 2 saturated heterocycles. The van der Waals surface area contributed by atoms with E-state index in [0.717, 1.165) is 38.8 Å². The number of carbonyl (C=O) groups is 2. The number of hydrogen-bond donors (Lipinski definition) is 2. The Labute approximate surface area is 120 Å². The fourth-order valence-corrected chi connectivity index (χ4v) is 2.90. The molecule has 0 radical (unpaired) electrons. The minimum Gasteiger partial charge on any atom is -0.381 e. The summed E-state index contributed by atoms with van der Waals surface area (Å²) in [4.78, 5) is 26.3. The van der Waals surface area contributed by atoms with Crippen molar-refractivity contribution in [3.63, 3.8) is 0 Å². The minimum atomic E-state index is -0.554. The smallest absolute Gasteiger partial charge is 0.317 e. The molecular weight excluding hydrogens is 258 g/mol. The molecule has 2 rings (SSSR count). The molecule has 0 aliphatic carbocycles. The predicted octanol–water partition coefficient (Wildman–Crippen LogP) is 0.503. The Morgan fingerprint density at radius 1 is 1.25 bits per heavy atom. The molecule has 114 valence electrons. The van der Waals surface area contributed by atoms with E-state index >= 15 is 0 Å². The van der Waals surface area contributed by atoms with E-state index in [4.69, 9.17) is 10.5 Å². The lowest BCUT2D eigenvalue weighted by Crippen LogP contribution is -2.54. The number of nitrogens with two attached hydrogens (primary N) is 1.